The van der Waals surface area contributed by atoms with Crippen molar-refractivity contribution in [3.63, 3.8) is 0 Å². The molecule has 0 aliphatic rings. The Balaban J connectivity index is 2.30. The first-order chi connectivity index (χ1) is 9.00. The summed E-state index contributed by atoms with van der Waals surface area (Å²) in [5.74, 6) is -1.19. The molecule has 0 bridgehead atoms. The minimum atomic E-state index is -1.29. The fourth-order valence-electron chi connectivity index (χ4n) is 1.40. The van der Waals surface area contributed by atoms with Gasteiger partial charge in [0.1, 0.15) is 18.2 Å². The van der Waals surface area contributed by atoms with Gasteiger partial charge in [0.25, 0.3) is 0 Å². The summed E-state index contributed by atoms with van der Waals surface area (Å²) in [7, 11) is 0. The topological polar surface area (TPSA) is 55.8 Å². The smallest absolute Gasteiger partial charge is 0.338 e. The minimum Gasteiger partial charge on any atom is -0.491 e. The van der Waals surface area contributed by atoms with Crippen molar-refractivity contribution in [3.05, 3.63) is 29.6 Å². The summed E-state index contributed by atoms with van der Waals surface area (Å²) in [6.07, 6.45) is 0.988. The average Bonchev–Trinajstić information content (AvgIpc) is 2.32. The first-order valence-electron chi connectivity index (χ1n) is 6.24. The van der Waals surface area contributed by atoms with Gasteiger partial charge in [-0.1, -0.05) is 13.8 Å². The highest BCUT2D eigenvalue weighted by Crippen LogP contribution is 2.16. The Morgan fingerprint density at radius 3 is 2.63 bits per heavy atom. The third-order valence-electron chi connectivity index (χ3n) is 2.51. The zero-order valence-corrected chi connectivity index (χ0v) is 11.2. The average molecular weight is 270 g/mol. The van der Waals surface area contributed by atoms with Crippen LogP contribution in [0.15, 0.2) is 18.2 Å². The molecule has 0 aromatic heterocycles. The molecule has 0 saturated heterocycles. The monoisotopic (exact) mass is 270 g/mol. The number of ether oxygens (including phenoxy) is 2. The van der Waals surface area contributed by atoms with Crippen LogP contribution in [0.1, 0.15) is 30.6 Å². The molecule has 0 aliphatic carbocycles. The molecule has 1 rings (SSSR count). The zero-order chi connectivity index (χ0) is 14.3. The van der Waals surface area contributed by atoms with Gasteiger partial charge in [0.05, 0.1) is 12.2 Å². The SMILES string of the molecule is CC(C)CCOCCOc1ccc(C(=O)O)c(F)c1. The third kappa shape index (κ3) is 5.70. The van der Waals surface area contributed by atoms with Gasteiger partial charge < -0.3 is 14.6 Å². The van der Waals surface area contributed by atoms with E-state index in [1.54, 1.807) is 0 Å². The van der Waals surface area contributed by atoms with Crippen LogP contribution >= 0.6 is 0 Å². The number of carboxylic acid groups (broad SMARTS) is 1. The molecule has 0 atom stereocenters. The second-order valence-corrected chi connectivity index (χ2v) is 4.59. The maximum Gasteiger partial charge on any atom is 0.338 e. The predicted octanol–water partition coefficient (Wildman–Crippen LogP) is 2.97. The quantitative estimate of drug-likeness (QED) is 0.738. The lowest BCUT2D eigenvalue weighted by Crippen LogP contribution is -2.09. The molecule has 19 heavy (non-hydrogen) atoms. The molecule has 0 unspecified atom stereocenters. The Labute approximate surface area is 112 Å². The Bertz CT molecular complexity index is 418. The lowest BCUT2D eigenvalue weighted by Gasteiger charge is -2.09. The van der Waals surface area contributed by atoms with Crippen LogP contribution in [0.5, 0.6) is 5.75 Å². The number of rotatable bonds is 8. The van der Waals surface area contributed by atoms with Gasteiger partial charge >= 0.3 is 5.97 Å². The molecule has 0 heterocycles. The van der Waals surface area contributed by atoms with E-state index in [-0.39, 0.29) is 5.56 Å². The van der Waals surface area contributed by atoms with E-state index >= 15 is 0 Å². The Hall–Kier alpha value is -1.62. The van der Waals surface area contributed by atoms with Gasteiger partial charge in [0, 0.05) is 12.7 Å². The minimum absolute atomic E-state index is 0.301. The molecule has 1 N–H and O–H groups in total. The maximum atomic E-state index is 13.3. The van der Waals surface area contributed by atoms with Crippen LogP contribution in [0.4, 0.5) is 4.39 Å². The maximum absolute atomic E-state index is 13.3. The van der Waals surface area contributed by atoms with Crippen molar-refractivity contribution in [2.24, 2.45) is 5.92 Å². The summed E-state index contributed by atoms with van der Waals surface area (Å²) in [5.41, 5.74) is -0.361. The fourth-order valence-corrected chi connectivity index (χ4v) is 1.40. The van der Waals surface area contributed by atoms with Crippen molar-refractivity contribution < 1.29 is 23.8 Å². The van der Waals surface area contributed by atoms with Gasteiger partial charge in [0.2, 0.25) is 0 Å². The van der Waals surface area contributed by atoms with Crippen molar-refractivity contribution in [2.75, 3.05) is 19.8 Å². The molecular formula is C14H19FO4. The number of carboxylic acids is 1. The first-order valence-corrected chi connectivity index (χ1v) is 6.24. The number of aromatic carboxylic acids is 1. The second kappa shape index (κ2) is 7.74. The highest BCUT2D eigenvalue weighted by atomic mass is 19.1. The molecular weight excluding hydrogens is 251 g/mol. The summed E-state index contributed by atoms with van der Waals surface area (Å²) in [6.45, 7) is 5.64. The van der Waals surface area contributed by atoms with Crippen LogP contribution in [0, 0.1) is 11.7 Å². The number of halogens is 1. The zero-order valence-electron chi connectivity index (χ0n) is 11.2. The van der Waals surface area contributed by atoms with E-state index in [9.17, 15) is 9.18 Å². The number of hydrogen-bond acceptors (Lipinski definition) is 3. The van der Waals surface area contributed by atoms with Crippen LogP contribution in [-0.4, -0.2) is 30.9 Å². The van der Waals surface area contributed by atoms with Gasteiger partial charge in [-0.2, -0.15) is 0 Å². The lowest BCUT2D eigenvalue weighted by molar-refractivity contribution is 0.0691. The van der Waals surface area contributed by atoms with Gasteiger partial charge in [-0.3, -0.25) is 0 Å². The highest BCUT2D eigenvalue weighted by Gasteiger charge is 2.10. The molecule has 1 aromatic rings. The van der Waals surface area contributed by atoms with E-state index in [0.717, 1.165) is 12.5 Å². The van der Waals surface area contributed by atoms with E-state index < -0.39 is 11.8 Å². The summed E-state index contributed by atoms with van der Waals surface area (Å²) < 4.78 is 23.9. The van der Waals surface area contributed by atoms with Crippen molar-refractivity contribution >= 4 is 5.97 Å². The van der Waals surface area contributed by atoms with Gasteiger partial charge in [-0.05, 0) is 24.5 Å². The number of hydrogen-bond donors (Lipinski definition) is 1. The molecule has 0 radical (unpaired) electrons. The largest absolute Gasteiger partial charge is 0.491 e. The Morgan fingerprint density at radius 2 is 2.05 bits per heavy atom. The summed E-state index contributed by atoms with van der Waals surface area (Å²) >= 11 is 0. The van der Waals surface area contributed by atoms with Crippen LogP contribution in [-0.2, 0) is 4.74 Å². The third-order valence-corrected chi connectivity index (χ3v) is 2.51. The molecule has 0 spiro atoms. The van der Waals surface area contributed by atoms with Crippen molar-refractivity contribution in [2.45, 2.75) is 20.3 Å². The number of benzene rings is 1. The molecule has 0 aliphatic heterocycles. The normalized spacial score (nSPS) is 10.7. The van der Waals surface area contributed by atoms with Crippen molar-refractivity contribution in [1.82, 2.24) is 0 Å². The van der Waals surface area contributed by atoms with E-state index in [1.165, 1.54) is 12.1 Å². The Kier molecular flexibility index (Phi) is 6.29. The van der Waals surface area contributed by atoms with Crippen molar-refractivity contribution in [1.29, 1.82) is 0 Å². The lowest BCUT2D eigenvalue weighted by atomic mass is 10.1. The van der Waals surface area contributed by atoms with Crippen LogP contribution in [0.25, 0.3) is 0 Å². The second-order valence-electron chi connectivity index (χ2n) is 4.59. The fraction of sp³-hybridized carbons (Fsp3) is 0.500. The van der Waals surface area contributed by atoms with Crippen LogP contribution in [0.2, 0.25) is 0 Å². The summed E-state index contributed by atoms with van der Waals surface area (Å²) in [6, 6.07) is 3.69. The predicted molar refractivity (Wildman–Crippen MR) is 69.1 cm³/mol. The van der Waals surface area contributed by atoms with E-state index in [4.69, 9.17) is 14.6 Å². The Morgan fingerprint density at radius 1 is 1.32 bits per heavy atom. The molecule has 106 valence electrons. The molecule has 1 aromatic carbocycles. The van der Waals surface area contributed by atoms with E-state index in [2.05, 4.69) is 13.8 Å². The van der Waals surface area contributed by atoms with Gasteiger partial charge in [0.15, 0.2) is 0 Å². The summed E-state index contributed by atoms with van der Waals surface area (Å²) in [4.78, 5) is 10.6. The van der Waals surface area contributed by atoms with Crippen LogP contribution in [0.3, 0.4) is 0 Å². The molecule has 0 saturated carbocycles. The first kappa shape index (κ1) is 15.4. The number of carbonyl (C=O) groups is 1. The highest BCUT2D eigenvalue weighted by molar-refractivity contribution is 5.88. The van der Waals surface area contributed by atoms with Crippen molar-refractivity contribution in [3.8, 4) is 5.75 Å². The standard InChI is InChI=1S/C14H19FO4/c1-10(2)5-6-18-7-8-19-11-3-4-12(14(16)17)13(15)9-11/h3-4,9-10H,5-8H2,1-2H3,(H,16,17). The molecule has 4 nitrogen and oxygen atoms in total. The summed E-state index contributed by atoms with van der Waals surface area (Å²) in [5, 5.41) is 8.67. The van der Waals surface area contributed by atoms with E-state index in [0.29, 0.717) is 31.5 Å². The van der Waals surface area contributed by atoms with Crippen LogP contribution < -0.4 is 4.74 Å². The van der Waals surface area contributed by atoms with E-state index in [1.807, 2.05) is 0 Å². The van der Waals surface area contributed by atoms with Gasteiger partial charge in [-0.15, -0.1) is 0 Å². The molecule has 5 heteroatoms. The molecule has 0 fully saturated rings. The molecule has 0 amide bonds. The van der Waals surface area contributed by atoms with Gasteiger partial charge in [-0.25, -0.2) is 9.18 Å².